The maximum Gasteiger partial charge on any atom is 0.210 e. The number of aryl methyl sites for hydroxylation is 1. The summed E-state index contributed by atoms with van der Waals surface area (Å²) < 4.78 is 1.81. The number of aromatic nitrogens is 4. The summed E-state index contributed by atoms with van der Waals surface area (Å²) >= 11 is 0. The predicted molar refractivity (Wildman–Crippen MR) is 65.7 cm³/mol. The molecule has 0 spiro atoms. The summed E-state index contributed by atoms with van der Waals surface area (Å²) in [6.07, 6.45) is 3.49. The fourth-order valence-electron chi connectivity index (χ4n) is 2.54. The largest absolute Gasteiger partial charge is 0.337 e. The van der Waals surface area contributed by atoms with E-state index >= 15 is 0 Å². The van der Waals surface area contributed by atoms with Crippen LogP contribution in [0.5, 0.6) is 0 Å². The molecule has 0 aliphatic carbocycles. The number of rotatable bonds is 2. The minimum atomic E-state index is 0.0562. The second kappa shape index (κ2) is 3.97. The number of carbonyl (C=O) groups excluding carboxylic acids is 1. The Hall–Kier alpha value is -2.11. The first-order chi connectivity index (χ1) is 8.72. The van der Waals surface area contributed by atoms with E-state index in [-0.39, 0.29) is 6.04 Å². The molecule has 3 rings (SSSR count). The van der Waals surface area contributed by atoms with Crippen molar-refractivity contribution in [2.45, 2.75) is 19.4 Å². The van der Waals surface area contributed by atoms with E-state index in [2.05, 4.69) is 15.3 Å². The highest BCUT2D eigenvalue weighted by molar-refractivity contribution is 5.62. The summed E-state index contributed by atoms with van der Waals surface area (Å²) in [5.74, 6) is 0. The van der Waals surface area contributed by atoms with Crippen LogP contribution >= 0.6 is 0 Å². The second-order valence-electron chi connectivity index (χ2n) is 4.57. The van der Waals surface area contributed by atoms with E-state index in [0.29, 0.717) is 0 Å². The molecule has 3 heterocycles. The van der Waals surface area contributed by atoms with Crippen LogP contribution in [0.15, 0.2) is 12.3 Å². The average Bonchev–Trinajstić information content (AvgIpc) is 2.96. The van der Waals surface area contributed by atoms with E-state index in [0.717, 1.165) is 36.5 Å². The van der Waals surface area contributed by atoms with Crippen LogP contribution in [0.2, 0.25) is 0 Å². The van der Waals surface area contributed by atoms with Gasteiger partial charge in [-0.25, -0.2) is 0 Å². The summed E-state index contributed by atoms with van der Waals surface area (Å²) in [5, 5.41) is 11.6. The molecule has 1 aliphatic rings. The highest BCUT2D eigenvalue weighted by Gasteiger charge is 2.28. The van der Waals surface area contributed by atoms with Crippen molar-refractivity contribution in [2.75, 3.05) is 6.54 Å². The average molecular weight is 245 g/mol. The normalized spacial score (nSPS) is 18.8. The Morgan fingerprint density at radius 3 is 3.06 bits per heavy atom. The van der Waals surface area contributed by atoms with Gasteiger partial charge >= 0.3 is 0 Å². The van der Waals surface area contributed by atoms with Gasteiger partial charge in [-0.05, 0) is 19.4 Å². The number of carbonyl (C=O) groups is 1. The first kappa shape index (κ1) is 11.0. The molecule has 0 aromatic carbocycles. The number of aromatic amines is 1. The van der Waals surface area contributed by atoms with E-state index < -0.39 is 0 Å². The van der Waals surface area contributed by atoms with Crippen LogP contribution in [0.4, 0.5) is 0 Å². The minimum absolute atomic E-state index is 0.0562. The zero-order valence-electron chi connectivity index (χ0n) is 10.4. The first-order valence-electron chi connectivity index (χ1n) is 5.99. The fraction of sp³-hybridized carbons (Fsp3) is 0.417. The highest BCUT2D eigenvalue weighted by atomic mass is 16.1. The van der Waals surface area contributed by atoms with Crippen molar-refractivity contribution in [2.24, 2.45) is 7.05 Å². The second-order valence-corrected chi connectivity index (χ2v) is 4.57. The third-order valence-corrected chi connectivity index (χ3v) is 3.63. The van der Waals surface area contributed by atoms with E-state index in [1.54, 1.807) is 11.1 Å². The fourth-order valence-corrected chi connectivity index (χ4v) is 2.54. The van der Waals surface area contributed by atoms with Crippen molar-refractivity contribution in [3.8, 4) is 11.4 Å². The molecule has 94 valence electrons. The van der Waals surface area contributed by atoms with Gasteiger partial charge in [0.25, 0.3) is 0 Å². The van der Waals surface area contributed by atoms with Gasteiger partial charge in [0, 0.05) is 25.4 Å². The van der Waals surface area contributed by atoms with Crippen molar-refractivity contribution < 1.29 is 4.79 Å². The van der Waals surface area contributed by atoms with Gasteiger partial charge in [0.05, 0.1) is 17.4 Å². The molecular weight excluding hydrogens is 230 g/mol. The van der Waals surface area contributed by atoms with Crippen LogP contribution in [0, 0.1) is 0 Å². The summed E-state index contributed by atoms with van der Waals surface area (Å²) in [5.41, 5.74) is 4.18. The molecule has 0 bridgehead atoms. The zero-order valence-corrected chi connectivity index (χ0v) is 10.4. The van der Waals surface area contributed by atoms with Crippen molar-refractivity contribution in [1.29, 1.82) is 0 Å². The quantitative estimate of drug-likeness (QED) is 0.799. The molecule has 0 saturated carbocycles. The Labute approximate surface area is 105 Å². The lowest BCUT2D eigenvalue weighted by atomic mass is 9.98. The first-order valence-corrected chi connectivity index (χ1v) is 5.99. The van der Waals surface area contributed by atoms with E-state index in [1.807, 2.05) is 24.7 Å². The van der Waals surface area contributed by atoms with Gasteiger partial charge in [-0.3, -0.25) is 14.6 Å². The minimum Gasteiger partial charge on any atom is -0.337 e. The summed E-state index contributed by atoms with van der Waals surface area (Å²) in [7, 11) is 1.90. The molecule has 1 atom stereocenters. The molecule has 1 unspecified atom stereocenters. The number of fused-ring (bicyclic) bond motifs is 1. The molecule has 2 aromatic rings. The van der Waals surface area contributed by atoms with E-state index in [4.69, 9.17) is 0 Å². The molecule has 0 radical (unpaired) electrons. The molecule has 2 aromatic heterocycles. The molecule has 6 nitrogen and oxygen atoms in total. The Balaban J connectivity index is 2.07. The van der Waals surface area contributed by atoms with Gasteiger partial charge in [-0.15, -0.1) is 0 Å². The number of hydrogen-bond acceptors (Lipinski definition) is 3. The summed E-state index contributed by atoms with van der Waals surface area (Å²) in [6.45, 7) is 2.75. The van der Waals surface area contributed by atoms with Crippen LogP contribution < -0.4 is 0 Å². The van der Waals surface area contributed by atoms with Crippen molar-refractivity contribution in [3.63, 3.8) is 0 Å². The molecule has 1 N–H and O–H groups in total. The topological polar surface area (TPSA) is 66.8 Å². The van der Waals surface area contributed by atoms with Gasteiger partial charge in [0.15, 0.2) is 0 Å². The van der Waals surface area contributed by atoms with Crippen LogP contribution in [-0.4, -0.2) is 37.8 Å². The van der Waals surface area contributed by atoms with Crippen LogP contribution in [-0.2, 0) is 18.3 Å². The number of nitrogens with one attached hydrogen (secondary N) is 1. The zero-order chi connectivity index (χ0) is 12.7. The number of hydrogen-bond donors (Lipinski definition) is 1. The molecule has 1 amide bonds. The molecule has 18 heavy (non-hydrogen) atoms. The van der Waals surface area contributed by atoms with Crippen LogP contribution in [0.1, 0.15) is 24.2 Å². The van der Waals surface area contributed by atoms with Gasteiger partial charge in [-0.2, -0.15) is 10.2 Å². The van der Waals surface area contributed by atoms with Crippen LogP contribution in [0.3, 0.4) is 0 Å². The standard InChI is InChI=1S/C12H15N5O/c1-8-11-9(4-6-17(8)7-18)12(15-14-11)10-3-5-13-16(10)2/h3,5,7-8H,4,6H2,1-2H3,(H,14,15). The maximum atomic E-state index is 10.9. The maximum absolute atomic E-state index is 10.9. The lowest BCUT2D eigenvalue weighted by Crippen LogP contribution is -2.32. The van der Waals surface area contributed by atoms with E-state index in [9.17, 15) is 4.79 Å². The van der Waals surface area contributed by atoms with Gasteiger partial charge in [0.2, 0.25) is 6.41 Å². The lowest BCUT2D eigenvalue weighted by molar-refractivity contribution is -0.120. The third kappa shape index (κ3) is 1.45. The monoisotopic (exact) mass is 245 g/mol. The third-order valence-electron chi connectivity index (χ3n) is 3.63. The Morgan fingerprint density at radius 1 is 1.56 bits per heavy atom. The molecule has 1 aliphatic heterocycles. The Kier molecular flexibility index (Phi) is 2.43. The smallest absolute Gasteiger partial charge is 0.210 e. The molecule has 0 fully saturated rings. The summed E-state index contributed by atoms with van der Waals surface area (Å²) in [6, 6.07) is 2.01. The van der Waals surface area contributed by atoms with Gasteiger partial charge in [0.1, 0.15) is 5.69 Å². The molecule has 0 saturated heterocycles. The predicted octanol–water partition coefficient (Wildman–Crippen LogP) is 0.886. The number of amides is 1. The molecule has 6 heteroatoms. The Bertz CT molecular complexity index is 585. The van der Waals surface area contributed by atoms with Gasteiger partial charge < -0.3 is 4.90 Å². The number of nitrogens with zero attached hydrogens (tertiary/aromatic N) is 4. The lowest BCUT2D eigenvalue weighted by Gasteiger charge is -2.29. The van der Waals surface area contributed by atoms with Crippen molar-refractivity contribution in [1.82, 2.24) is 24.9 Å². The SMILES string of the molecule is CC1c2[nH]nc(-c3ccnn3C)c2CCN1C=O. The van der Waals surface area contributed by atoms with Gasteiger partial charge in [-0.1, -0.05) is 0 Å². The summed E-state index contributed by atoms with van der Waals surface area (Å²) in [4.78, 5) is 12.7. The Morgan fingerprint density at radius 2 is 2.39 bits per heavy atom. The van der Waals surface area contributed by atoms with Crippen molar-refractivity contribution in [3.05, 3.63) is 23.5 Å². The van der Waals surface area contributed by atoms with E-state index in [1.165, 1.54) is 5.56 Å². The molecular formula is C12H15N5O. The number of H-pyrrole nitrogens is 1. The highest BCUT2D eigenvalue weighted by Crippen LogP contribution is 2.32. The van der Waals surface area contributed by atoms with Crippen LogP contribution in [0.25, 0.3) is 11.4 Å². The van der Waals surface area contributed by atoms with Crippen molar-refractivity contribution >= 4 is 6.41 Å².